The predicted octanol–water partition coefficient (Wildman–Crippen LogP) is -6.68. The van der Waals surface area contributed by atoms with E-state index >= 15 is 0 Å². The summed E-state index contributed by atoms with van der Waals surface area (Å²) < 4.78 is 36.3. The van der Waals surface area contributed by atoms with Crippen LogP contribution in [-0.2, 0) is 14.7 Å². The third-order valence-electron chi connectivity index (χ3n) is 3.15. The zero-order valence-electron chi connectivity index (χ0n) is 11.7. The topological polar surface area (TPSA) is 137 Å². The van der Waals surface area contributed by atoms with Crippen LogP contribution in [-0.4, -0.2) is 41.4 Å². The van der Waals surface area contributed by atoms with Crippen LogP contribution < -0.4 is 64.2 Å². The molecule has 2 amide bonds. The van der Waals surface area contributed by atoms with Crippen LogP contribution in [0.4, 0.5) is 4.79 Å². The Balaban J connectivity index is 0.00000121. The predicted molar refractivity (Wildman–Crippen MR) is 62.3 cm³/mol. The van der Waals surface area contributed by atoms with Crippen molar-refractivity contribution in [2.75, 3.05) is 6.54 Å². The number of hydrogen-bond acceptors (Lipinski definition) is 8. The van der Waals surface area contributed by atoms with Crippen molar-refractivity contribution >= 4 is 33.7 Å². The van der Waals surface area contributed by atoms with Crippen molar-refractivity contribution in [3.05, 3.63) is 21.9 Å². The van der Waals surface area contributed by atoms with E-state index in [0.717, 1.165) is 4.90 Å². The first-order valence-electron chi connectivity index (χ1n) is 5.37. The molecule has 3 rings (SSSR count). The van der Waals surface area contributed by atoms with Crippen LogP contribution in [0.5, 0.6) is 0 Å². The van der Waals surface area contributed by atoms with E-state index in [0.29, 0.717) is 15.5 Å². The maximum absolute atomic E-state index is 12.0. The Morgan fingerprint density at radius 3 is 2.64 bits per heavy atom. The quantitative estimate of drug-likeness (QED) is 0.186. The number of thiophene rings is 1. The Morgan fingerprint density at radius 2 is 2.09 bits per heavy atom. The molecule has 2 atom stereocenters. The minimum absolute atomic E-state index is 0. The largest absolute Gasteiger partial charge is 1.00 e. The van der Waals surface area contributed by atoms with Crippen LogP contribution in [0, 0.1) is 5.41 Å². The summed E-state index contributed by atoms with van der Waals surface area (Å²) in [5.41, 5.74) is 0.520. The number of rotatable bonds is 3. The second-order valence-electron chi connectivity index (χ2n) is 4.27. The summed E-state index contributed by atoms with van der Waals surface area (Å²) in [5, 5.41) is 20.8. The molecule has 22 heavy (non-hydrogen) atoms. The van der Waals surface area contributed by atoms with Gasteiger partial charge in [-0.3, -0.25) is 0 Å². The van der Waals surface area contributed by atoms with Gasteiger partial charge in [0.2, 0.25) is 10.4 Å². The third-order valence-corrected chi connectivity index (χ3v) is 4.48. The van der Waals surface area contributed by atoms with Crippen molar-refractivity contribution in [1.29, 1.82) is 5.41 Å². The van der Waals surface area contributed by atoms with E-state index in [1.807, 2.05) is 0 Å². The van der Waals surface area contributed by atoms with E-state index in [4.69, 9.17) is 5.41 Å². The van der Waals surface area contributed by atoms with Crippen LogP contribution in [0.25, 0.3) is 0 Å². The van der Waals surface area contributed by atoms with Gasteiger partial charge in [-0.15, -0.1) is 11.3 Å². The zero-order chi connectivity index (χ0) is 14.7. The minimum Gasteiger partial charge on any atom is -0.860 e. The van der Waals surface area contributed by atoms with E-state index < -0.39 is 34.4 Å². The molecule has 1 aromatic rings. The molecule has 0 aromatic carbocycles. The normalized spacial score (nSPS) is 22.7. The minimum atomic E-state index is -5.10. The Bertz CT molecular complexity index is 708. The number of carbonyl (C=O) groups excluding carboxylic acids is 1. The van der Waals surface area contributed by atoms with Gasteiger partial charge < -0.3 is 20.0 Å². The maximum Gasteiger partial charge on any atom is 1.00 e. The first-order valence-corrected chi connectivity index (χ1v) is 7.59. The number of urea groups is 1. The Labute approximate surface area is 174 Å². The van der Waals surface area contributed by atoms with Crippen molar-refractivity contribution in [1.82, 2.24) is 9.96 Å². The average Bonchev–Trinajstić information content (AvgIpc) is 2.88. The van der Waals surface area contributed by atoms with Gasteiger partial charge in [0, 0.05) is 4.88 Å². The monoisotopic (exact) mass is 363 g/mol. The molecule has 3 heterocycles. The van der Waals surface area contributed by atoms with Crippen LogP contribution in [0.15, 0.2) is 11.4 Å². The van der Waals surface area contributed by atoms with Crippen molar-refractivity contribution < 1.29 is 86.3 Å². The maximum atomic E-state index is 12.0. The van der Waals surface area contributed by atoms with Gasteiger partial charge in [0.1, 0.15) is 6.04 Å². The number of hydroxylamine groups is 2. The molecular formula is C9H7N3Na2O6S2. The molecule has 0 spiro atoms. The van der Waals surface area contributed by atoms with Gasteiger partial charge in [0.05, 0.1) is 12.6 Å². The van der Waals surface area contributed by atoms with E-state index in [1.54, 1.807) is 11.4 Å². The number of fused-ring (bicyclic) bond motifs is 4. The van der Waals surface area contributed by atoms with Crippen LogP contribution in [0.1, 0.15) is 22.5 Å². The van der Waals surface area contributed by atoms with Gasteiger partial charge >= 0.3 is 65.1 Å². The average molecular weight is 363 g/mol. The van der Waals surface area contributed by atoms with Gasteiger partial charge in [-0.05, 0) is 22.9 Å². The molecule has 1 saturated heterocycles. The summed E-state index contributed by atoms with van der Waals surface area (Å²) >= 11 is 1.19. The molecule has 2 bridgehead atoms. The first-order chi connectivity index (χ1) is 9.29. The molecule has 1 fully saturated rings. The zero-order valence-corrected chi connectivity index (χ0v) is 17.3. The number of nitrogens with zero attached hydrogens (tertiary/aromatic N) is 2. The van der Waals surface area contributed by atoms with Crippen molar-refractivity contribution in [2.45, 2.75) is 12.1 Å². The SMILES string of the molecule is N=C([O-])[C@@H]1c2sccc2[C@H]2CN1C(=O)N2OS(=O)(=O)[O-].[Na+].[Na+]. The van der Waals surface area contributed by atoms with E-state index in [9.17, 15) is 22.9 Å². The second-order valence-corrected chi connectivity index (χ2v) is 6.18. The van der Waals surface area contributed by atoms with Gasteiger partial charge in [-0.2, -0.15) is 9.35 Å². The van der Waals surface area contributed by atoms with Gasteiger partial charge in [-0.25, -0.2) is 13.2 Å². The molecule has 0 saturated carbocycles. The van der Waals surface area contributed by atoms with Gasteiger partial charge in [-0.1, -0.05) is 0 Å². The van der Waals surface area contributed by atoms with Crippen LogP contribution in [0.2, 0.25) is 0 Å². The molecule has 0 radical (unpaired) electrons. The first kappa shape index (κ1) is 20.4. The molecule has 13 heteroatoms. The van der Waals surface area contributed by atoms with Crippen molar-refractivity contribution in [2.24, 2.45) is 0 Å². The summed E-state index contributed by atoms with van der Waals surface area (Å²) in [6.45, 7) is -0.00657. The molecule has 0 unspecified atom stereocenters. The summed E-state index contributed by atoms with van der Waals surface area (Å²) in [6, 6.07) is -1.16. The molecule has 9 nitrogen and oxygen atoms in total. The summed E-state index contributed by atoms with van der Waals surface area (Å²) in [4.78, 5) is 13.6. The summed E-state index contributed by atoms with van der Waals surface area (Å²) in [5.74, 6) is -0.979. The van der Waals surface area contributed by atoms with E-state index in [1.165, 1.54) is 11.3 Å². The molecule has 2 aliphatic rings. The number of nitrogens with one attached hydrogen (secondary N) is 1. The van der Waals surface area contributed by atoms with E-state index in [2.05, 4.69) is 4.28 Å². The Kier molecular flexibility index (Phi) is 6.52. The Morgan fingerprint density at radius 1 is 1.45 bits per heavy atom. The van der Waals surface area contributed by atoms with Gasteiger partial charge in [0.15, 0.2) is 0 Å². The fourth-order valence-electron chi connectivity index (χ4n) is 2.45. The van der Waals surface area contributed by atoms with Crippen LogP contribution >= 0.6 is 11.3 Å². The van der Waals surface area contributed by atoms with Gasteiger partial charge in [0.25, 0.3) is 0 Å². The van der Waals surface area contributed by atoms with E-state index in [-0.39, 0.29) is 65.7 Å². The third kappa shape index (κ3) is 3.38. The standard InChI is InChI=1S/C9H9N3O6S2.2Na/c10-8(13)6-7-4(1-2-19-7)5-3-11(6)9(14)12(5)18-20(15,16)17;;/h1-2,5-6H,3H2,(H2,10,13)(H,15,16,17);;/q;2*+1/p-2/t5-,6+;;/m1../s1. The van der Waals surface area contributed by atoms with Crippen LogP contribution in [0.3, 0.4) is 0 Å². The summed E-state index contributed by atoms with van der Waals surface area (Å²) in [7, 11) is -5.10. The number of hydrogen-bond donors (Lipinski definition) is 1. The molecule has 2 aliphatic heterocycles. The molecule has 1 N–H and O–H groups in total. The van der Waals surface area contributed by atoms with Crippen molar-refractivity contribution in [3.8, 4) is 0 Å². The molecule has 0 aliphatic carbocycles. The smallest absolute Gasteiger partial charge is 0.860 e. The van der Waals surface area contributed by atoms with Crippen molar-refractivity contribution in [3.63, 3.8) is 0 Å². The fourth-order valence-corrected chi connectivity index (χ4v) is 3.88. The second kappa shape index (κ2) is 7.05. The number of amides is 2. The fraction of sp³-hybridized carbons (Fsp3) is 0.333. The molecule has 1 aromatic heterocycles. The molecular weight excluding hydrogens is 356 g/mol. The number of carbonyl (C=O) groups is 1. The summed E-state index contributed by atoms with van der Waals surface area (Å²) in [6.07, 6.45) is 0. The Hall–Kier alpha value is 0.310. The molecule has 108 valence electrons.